The fourth-order valence-electron chi connectivity index (χ4n) is 1.26. The Hall–Kier alpha value is -1.28. The maximum absolute atomic E-state index is 5.72. The van der Waals surface area contributed by atoms with Gasteiger partial charge >= 0.3 is 10.3 Å². The first-order valence-corrected chi connectivity index (χ1v) is 6.42. The van der Waals surface area contributed by atoms with Crippen molar-refractivity contribution in [2.45, 2.75) is 12.8 Å². The van der Waals surface area contributed by atoms with Gasteiger partial charge in [-0.1, -0.05) is 10.2 Å². The molecule has 86 valence electrons. The van der Waals surface area contributed by atoms with Crippen LogP contribution in [-0.2, 0) is 26.9 Å². The van der Waals surface area contributed by atoms with Gasteiger partial charge in [0.2, 0.25) is 0 Å². The van der Waals surface area contributed by atoms with Crippen LogP contribution in [0, 0.1) is 0 Å². The van der Waals surface area contributed by atoms with E-state index in [4.69, 9.17) is 11.5 Å². The molecule has 0 fully saturated rings. The quantitative estimate of drug-likeness (QED) is 0.706. The van der Waals surface area contributed by atoms with Gasteiger partial charge in [-0.2, -0.15) is 0 Å². The molecule has 0 aliphatic carbocycles. The van der Waals surface area contributed by atoms with Gasteiger partial charge in [0.15, 0.2) is 0 Å². The summed E-state index contributed by atoms with van der Waals surface area (Å²) in [6.07, 6.45) is 1.70. The molecule has 0 radical (unpaired) electrons. The summed E-state index contributed by atoms with van der Waals surface area (Å²) in [5.74, 6) is 0. The van der Waals surface area contributed by atoms with Crippen molar-refractivity contribution in [1.29, 1.82) is 0 Å². The maximum atomic E-state index is 5.72. The van der Waals surface area contributed by atoms with Crippen LogP contribution >= 0.6 is 22.7 Å². The number of hydrogen-bond acceptors (Lipinski definition) is 6. The van der Waals surface area contributed by atoms with Crippen LogP contribution in [0.4, 0.5) is 10.3 Å². The zero-order valence-corrected chi connectivity index (χ0v) is 10.8. The first kappa shape index (κ1) is 11.2. The molecule has 0 saturated carbocycles. The molecule has 0 unspecified atom stereocenters. The number of hydrogen-bond donors (Lipinski definition) is 2. The van der Waals surface area contributed by atoms with Crippen LogP contribution in [0.3, 0.4) is 0 Å². The highest BCUT2D eigenvalue weighted by atomic mass is 32.1. The molecule has 0 bridgehead atoms. The van der Waals surface area contributed by atoms with Crippen molar-refractivity contribution in [1.82, 2.24) is 10.2 Å². The lowest BCUT2D eigenvalue weighted by Gasteiger charge is -1.87. The Morgan fingerprint density at radius 2 is 1.31 bits per heavy atom. The molecule has 8 heteroatoms. The molecule has 2 rings (SSSR count). The molecule has 2 aromatic heterocycles. The van der Waals surface area contributed by atoms with Gasteiger partial charge in [0.25, 0.3) is 0 Å². The first-order chi connectivity index (χ1) is 7.56. The van der Waals surface area contributed by atoms with Crippen molar-refractivity contribution in [3.63, 3.8) is 0 Å². The van der Waals surface area contributed by atoms with E-state index in [1.54, 1.807) is 9.36 Å². The summed E-state index contributed by atoms with van der Waals surface area (Å²) in [7, 11) is 3.69. The molecular weight excluding hydrogens is 244 g/mol. The SMILES string of the molecule is C[n+]1nc(CCc2n[n+](C)c(N)s2)sc1N. The number of nitrogen functional groups attached to an aromatic ring is 2. The van der Waals surface area contributed by atoms with Crippen molar-refractivity contribution in [2.24, 2.45) is 14.1 Å². The Kier molecular flexibility index (Phi) is 3.01. The number of aromatic nitrogens is 4. The first-order valence-electron chi connectivity index (χ1n) is 4.79. The predicted molar refractivity (Wildman–Crippen MR) is 62.8 cm³/mol. The summed E-state index contributed by atoms with van der Waals surface area (Å²) in [6, 6.07) is 0. The summed E-state index contributed by atoms with van der Waals surface area (Å²) < 4.78 is 3.38. The van der Waals surface area contributed by atoms with E-state index in [-0.39, 0.29) is 0 Å². The largest absolute Gasteiger partial charge is 0.353 e. The lowest BCUT2D eigenvalue weighted by Crippen LogP contribution is -2.33. The minimum Gasteiger partial charge on any atom is -0.276 e. The average Bonchev–Trinajstić information content (AvgIpc) is 2.70. The normalized spacial score (nSPS) is 10.9. The summed E-state index contributed by atoms with van der Waals surface area (Å²) in [4.78, 5) is 0. The summed E-state index contributed by atoms with van der Waals surface area (Å²) in [6.45, 7) is 0. The molecule has 0 aromatic carbocycles. The van der Waals surface area contributed by atoms with Gasteiger partial charge < -0.3 is 0 Å². The molecule has 0 aliphatic rings. The topological polar surface area (TPSA) is 85.6 Å². The van der Waals surface area contributed by atoms with E-state index in [0.717, 1.165) is 33.1 Å². The van der Waals surface area contributed by atoms with E-state index >= 15 is 0 Å². The van der Waals surface area contributed by atoms with Crippen molar-refractivity contribution < 1.29 is 9.36 Å². The van der Waals surface area contributed by atoms with E-state index in [0.29, 0.717) is 0 Å². The maximum Gasteiger partial charge on any atom is 0.353 e. The van der Waals surface area contributed by atoms with Gasteiger partial charge in [-0.05, 0) is 22.7 Å². The second-order valence-corrected chi connectivity index (χ2v) is 5.60. The molecule has 2 aromatic rings. The third-order valence-electron chi connectivity index (χ3n) is 2.16. The van der Waals surface area contributed by atoms with Crippen molar-refractivity contribution >= 4 is 32.9 Å². The van der Waals surface area contributed by atoms with Crippen LogP contribution < -0.4 is 20.8 Å². The zero-order chi connectivity index (χ0) is 11.7. The highest BCUT2D eigenvalue weighted by molar-refractivity contribution is 7.15. The molecule has 6 nitrogen and oxygen atoms in total. The van der Waals surface area contributed by atoms with Gasteiger partial charge in [0.05, 0.1) is 0 Å². The molecule has 2 heterocycles. The van der Waals surface area contributed by atoms with Gasteiger partial charge in [-0.15, -0.1) is 9.36 Å². The number of anilines is 2. The van der Waals surface area contributed by atoms with E-state index in [1.165, 1.54) is 22.7 Å². The van der Waals surface area contributed by atoms with Gasteiger partial charge in [-0.25, -0.2) is 0 Å². The van der Waals surface area contributed by atoms with Crippen LogP contribution in [0.15, 0.2) is 0 Å². The Balaban J connectivity index is 2.02. The van der Waals surface area contributed by atoms with Gasteiger partial charge in [0.1, 0.15) is 24.1 Å². The van der Waals surface area contributed by atoms with Gasteiger partial charge in [-0.3, -0.25) is 11.5 Å². The molecule has 0 atom stereocenters. The standard InChI is InChI=1S/C8H12N6S2/c1-13-7(9)15-5(11-13)3-4-6-12-14(2)8(10)16-6/h9-10H,3-4H2,1-2H3/p+2. The van der Waals surface area contributed by atoms with E-state index in [1.807, 2.05) is 14.1 Å². The van der Waals surface area contributed by atoms with Gasteiger partial charge in [0, 0.05) is 12.8 Å². The summed E-state index contributed by atoms with van der Waals surface area (Å²) in [5.41, 5.74) is 11.4. The fourth-order valence-corrected chi connectivity index (χ4v) is 2.83. The summed E-state index contributed by atoms with van der Waals surface area (Å²) >= 11 is 3.03. The molecule has 4 N–H and O–H groups in total. The third kappa shape index (κ3) is 2.27. The number of rotatable bonds is 3. The Bertz CT molecular complexity index is 417. The molecule has 0 saturated heterocycles. The highest BCUT2D eigenvalue weighted by Crippen LogP contribution is 2.15. The lowest BCUT2D eigenvalue weighted by molar-refractivity contribution is -0.713. The number of nitrogens with two attached hydrogens (primary N) is 2. The fraction of sp³-hybridized carbons (Fsp3) is 0.500. The van der Waals surface area contributed by atoms with E-state index < -0.39 is 0 Å². The minimum absolute atomic E-state index is 0.721. The second kappa shape index (κ2) is 4.30. The lowest BCUT2D eigenvalue weighted by atomic mass is 10.3. The number of aryl methyl sites for hydroxylation is 4. The highest BCUT2D eigenvalue weighted by Gasteiger charge is 2.13. The molecular formula is C8H14N6S2+2. The zero-order valence-electron chi connectivity index (χ0n) is 9.17. The summed E-state index contributed by atoms with van der Waals surface area (Å²) in [5, 5.41) is 12.1. The molecule has 16 heavy (non-hydrogen) atoms. The Morgan fingerprint density at radius 3 is 1.56 bits per heavy atom. The smallest absolute Gasteiger partial charge is 0.276 e. The Labute approximate surface area is 101 Å². The predicted octanol–water partition coefficient (Wildman–Crippen LogP) is -0.802. The molecule has 0 aliphatic heterocycles. The average molecular weight is 258 g/mol. The number of nitrogens with zero attached hydrogens (tertiary/aromatic N) is 4. The van der Waals surface area contributed by atoms with Crippen molar-refractivity contribution in [2.75, 3.05) is 11.5 Å². The minimum atomic E-state index is 0.721. The van der Waals surface area contributed by atoms with Crippen molar-refractivity contribution in [3.05, 3.63) is 10.0 Å². The second-order valence-electron chi connectivity index (χ2n) is 3.42. The van der Waals surface area contributed by atoms with Crippen LogP contribution in [-0.4, -0.2) is 10.2 Å². The van der Waals surface area contributed by atoms with E-state index in [9.17, 15) is 0 Å². The molecule has 0 amide bonds. The Morgan fingerprint density at radius 1 is 0.938 bits per heavy atom. The van der Waals surface area contributed by atoms with Crippen LogP contribution in [0.1, 0.15) is 10.0 Å². The van der Waals surface area contributed by atoms with Crippen molar-refractivity contribution in [3.8, 4) is 0 Å². The monoisotopic (exact) mass is 258 g/mol. The molecule has 0 spiro atoms. The van der Waals surface area contributed by atoms with Crippen LogP contribution in [0.2, 0.25) is 0 Å². The van der Waals surface area contributed by atoms with Crippen LogP contribution in [0.25, 0.3) is 0 Å². The van der Waals surface area contributed by atoms with Crippen LogP contribution in [0.5, 0.6) is 0 Å². The van der Waals surface area contributed by atoms with E-state index in [2.05, 4.69) is 10.2 Å². The third-order valence-corrected chi connectivity index (χ3v) is 4.15.